The zero-order valence-corrected chi connectivity index (χ0v) is 14.1. The number of amidine groups is 2. The molecule has 0 saturated carbocycles. The Labute approximate surface area is 148 Å². The van der Waals surface area contributed by atoms with Gasteiger partial charge in [0.1, 0.15) is 5.04 Å². The van der Waals surface area contributed by atoms with Gasteiger partial charge in [0.05, 0.1) is 5.57 Å². The topological polar surface area (TPSA) is 81.8 Å². The van der Waals surface area contributed by atoms with Crippen LogP contribution in [0.2, 0.25) is 0 Å². The van der Waals surface area contributed by atoms with Crippen molar-refractivity contribution in [1.29, 1.82) is 5.41 Å². The summed E-state index contributed by atoms with van der Waals surface area (Å²) in [7, 11) is 0. The number of aliphatic imine (C=N–C) groups is 1. The molecular weight excluding hydrogens is 334 g/mol. The van der Waals surface area contributed by atoms with Crippen molar-refractivity contribution in [3.05, 3.63) is 71.1 Å². The average molecular weight is 347 g/mol. The molecule has 0 saturated heterocycles. The Morgan fingerprint density at radius 3 is 2.68 bits per heavy atom. The number of pyridine rings is 1. The standard InChI is InChI=1S/C18H13N5OS/c1-11-4-2-3-5-13(11)17-22-23-15(19)14(16(24)21-18(23)25-17)10-12-6-8-20-9-7-12/h2-10,19H,1H3/b14-10-,19-15?. The molecule has 6 nitrogen and oxygen atoms in total. The van der Waals surface area contributed by atoms with Crippen molar-refractivity contribution in [2.24, 2.45) is 10.1 Å². The van der Waals surface area contributed by atoms with Crippen molar-refractivity contribution in [3.63, 3.8) is 0 Å². The molecule has 2 aliphatic heterocycles. The Kier molecular flexibility index (Phi) is 3.77. The van der Waals surface area contributed by atoms with Crippen LogP contribution in [0, 0.1) is 12.3 Å². The third kappa shape index (κ3) is 2.78. The molecule has 122 valence electrons. The van der Waals surface area contributed by atoms with Crippen molar-refractivity contribution >= 4 is 39.8 Å². The van der Waals surface area contributed by atoms with Gasteiger partial charge in [0.25, 0.3) is 5.91 Å². The van der Waals surface area contributed by atoms with Crippen molar-refractivity contribution in [2.75, 3.05) is 0 Å². The maximum absolute atomic E-state index is 12.4. The largest absolute Gasteiger partial charge is 0.283 e. The molecule has 3 heterocycles. The lowest BCUT2D eigenvalue weighted by Crippen LogP contribution is -2.35. The van der Waals surface area contributed by atoms with Gasteiger partial charge in [0.15, 0.2) is 5.84 Å². The first-order valence-electron chi connectivity index (χ1n) is 7.60. The SMILES string of the molecule is Cc1ccccc1C1=NN2C(=N)/C(=C/c3ccncc3)C(=O)N=C2S1. The van der Waals surface area contributed by atoms with E-state index in [9.17, 15) is 4.79 Å². The van der Waals surface area contributed by atoms with Crippen LogP contribution >= 0.6 is 11.8 Å². The zero-order chi connectivity index (χ0) is 17.4. The molecule has 0 spiro atoms. The van der Waals surface area contributed by atoms with Crippen LogP contribution in [-0.2, 0) is 4.79 Å². The van der Waals surface area contributed by atoms with Crippen LogP contribution in [0.4, 0.5) is 0 Å². The van der Waals surface area contributed by atoms with Crippen molar-refractivity contribution in [3.8, 4) is 0 Å². The van der Waals surface area contributed by atoms with Crippen molar-refractivity contribution in [2.45, 2.75) is 6.92 Å². The van der Waals surface area contributed by atoms with Gasteiger partial charge < -0.3 is 0 Å². The minimum atomic E-state index is -0.429. The van der Waals surface area contributed by atoms with Crippen LogP contribution in [0.15, 0.2) is 64.5 Å². The molecular formula is C18H13N5OS. The van der Waals surface area contributed by atoms with Gasteiger partial charge in [0.2, 0.25) is 5.17 Å². The molecule has 0 unspecified atom stereocenters. The first-order valence-corrected chi connectivity index (χ1v) is 8.41. The number of aromatic nitrogens is 1. The highest BCUT2D eigenvalue weighted by atomic mass is 32.2. The smallest absolute Gasteiger partial charge is 0.282 e. The van der Waals surface area contributed by atoms with E-state index in [0.717, 1.165) is 21.7 Å². The summed E-state index contributed by atoms with van der Waals surface area (Å²) >= 11 is 1.30. The molecule has 0 fully saturated rings. The maximum Gasteiger partial charge on any atom is 0.283 e. The highest BCUT2D eigenvalue weighted by molar-refractivity contribution is 8.27. The molecule has 0 atom stereocenters. The number of nitrogens with one attached hydrogen (secondary N) is 1. The van der Waals surface area contributed by atoms with Crippen LogP contribution in [0.3, 0.4) is 0 Å². The number of hydrogen-bond donors (Lipinski definition) is 1. The Balaban J connectivity index is 1.72. The predicted octanol–water partition coefficient (Wildman–Crippen LogP) is 3.06. The first-order chi connectivity index (χ1) is 12.1. The molecule has 1 N–H and O–H groups in total. The fourth-order valence-corrected chi connectivity index (χ4v) is 3.52. The number of nitrogens with zero attached hydrogens (tertiary/aromatic N) is 4. The molecule has 1 aromatic carbocycles. The summed E-state index contributed by atoms with van der Waals surface area (Å²) in [6, 6.07) is 11.4. The van der Waals surface area contributed by atoms with Gasteiger partial charge in [-0.3, -0.25) is 15.2 Å². The second-order valence-electron chi connectivity index (χ2n) is 5.52. The molecule has 0 bridgehead atoms. The number of thioether (sulfide) groups is 1. The lowest BCUT2D eigenvalue weighted by molar-refractivity contribution is -0.114. The molecule has 25 heavy (non-hydrogen) atoms. The van der Waals surface area contributed by atoms with Crippen molar-refractivity contribution < 1.29 is 4.79 Å². The van der Waals surface area contributed by atoms with Gasteiger partial charge in [-0.25, -0.2) is 0 Å². The van der Waals surface area contributed by atoms with E-state index in [1.54, 1.807) is 30.6 Å². The fraction of sp³-hybridized carbons (Fsp3) is 0.0556. The van der Waals surface area contributed by atoms with Crippen LogP contribution in [0.1, 0.15) is 16.7 Å². The van der Waals surface area contributed by atoms with Gasteiger partial charge in [-0.2, -0.15) is 15.1 Å². The highest BCUT2D eigenvalue weighted by Crippen LogP contribution is 2.31. The van der Waals surface area contributed by atoms with Gasteiger partial charge >= 0.3 is 0 Å². The second-order valence-corrected chi connectivity index (χ2v) is 6.48. The third-order valence-corrected chi connectivity index (χ3v) is 4.79. The minimum Gasteiger partial charge on any atom is -0.282 e. The Morgan fingerprint density at radius 1 is 1.16 bits per heavy atom. The maximum atomic E-state index is 12.4. The molecule has 2 aliphatic rings. The summed E-state index contributed by atoms with van der Waals surface area (Å²) in [5.41, 5.74) is 3.06. The van der Waals surface area contributed by atoms with E-state index >= 15 is 0 Å². The van der Waals surface area contributed by atoms with Crippen LogP contribution < -0.4 is 0 Å². The Morgan fingerprint density at radius 2 is 1.92 bits per heavy atom. The number of rotatable bonds is 2. The van der Waals surface area contributed by atoms with Crippen LogP contribution in [0.25, 0.3) is 6.08 Å². The van der Waals surface area contributed by atoms with Gasteiger partial charge in [-0.15, -0.1) is 0 Å². The number of hydrogen-bond acceptors (Lipinski definition) is 5. The number of amides is 1. The summed E-state index contributed by atoms with van der Waals surface area (Å²) in [6.07, 6.45) is 4.91. The lowest BCUT2D eigenvalue weighted by Gasteiger charge is -2.20. The highest BCUT2D eigenvalue weighted by Gasteiger charge is 2.36. The summed E-state index contributed by atoms with van der Waals surface area (Å²) in [4.78, 5) is 20.4. The summed E-state index contributed by atoms with van der Waals surface area (Å²) in [6.45, 7) is 2.00. The lowest BCUT2D eigenvalue weighted by atomic mass is 10.1. The first kappa shape index (κ1) is 15.5. The van der Waals surface area contributed by atoms with E-state index in [2.05, 4.69) is 15.1 Å². The van der Waals surface area contributed by atoms with Gasteiger partial charge in [-0.05, 0) is 48.0 Å². The minimum absolute atomic E-state index is 0.0305. The fourth-order valence-electron chi connectivity index (χ4n) is 2.54. The summed E-state index contributed by atoms with van der Waals surface area (Å²) < 4.78 is 0. The average Bonchev–Trinajstić information content (AvgIpc) is 3.04. The predicted molar refractivity (Wildman–Crippen MR) is 99.5 cm³/mol. The number of fused-ring (bicyclic) bond motifs is 1. The number of hydrazone groups is 1. The quantitative estimate of drug-likeness (QED) is 0.847. The number of carbonyl (C=O) groups excluding carboxylic acids is 1. The second kappa shape index (κ2) is 6.10. The van der Waals surface area contributed by atoms with Crippen LogP contribution in [0.5, 0.6) is 0 Å². The summed E-state index contributed by atoms with van der Waals surface area (Å²) in [5.74, 6) is -0.398. The Bertz CT molecular complexity index is 978. The number of benzene rings is 1. The molecule has 4 rings (SSSR count). The molecule has 0 aliphatic carbocycles. The van der Waals surface area contributed by atoms with Gasteiger partial charge in [-0.1, -0.05) is 24.3 Å². The third-order valence-electron chi connectivity index (χ3n) is 3.85. The molecule has 7 heteroatoms. The summed E-state index contributed by atoms with van der Waals surface area (Å²) in [5, 5.41) is 15.5. The Hall–Kier alpha value is -3.06. The van der Waals surface area contributed by atoms with E-state index in [-0.39, 0.29) is 11.4 Å². The van der Waals surface area contributed by atoms with Crippen LogP contribution in [-0.4, -0.2) is 31.9 Å². The molecule has 0 radical (unpaired) electrons. The normalized spacial score (nSPS) is 18.3. The van der Waals surface area contributed by atoms with E-state index in [4.69, 9.17) is 5.41 Å². The monoisotopic (exact) mass is 347 g/mol. The molecule has 1 amide bonds. The van der Waals surface area contributed by atoms with E-state index in [1.807, 2.05) is 31.2 Å². The van der Waals surface area contributed by atoms with E-state index in [1.165, 1.54) is 16.8 Å². The van der Waals surface area contributed by atoms with Crippen molar-refractivity contribution in [1.82, 2.24) is 9.99 Å². The van der Waals surface area contributed by atoms with E-state index in [0.29, 0.717) is 5.17 Å². The molecule has 1 aromatic heterocycles. The molecule has 2 aromatic rings. The number of aryl methyl sites for hydroxylation is 1. The zero-order valence-electron chi connectivity index (χ0n) is 13.3. The van der Waals surface area contributed by atoms with E-state index < -0.39 is 5.91 Å². The number of carbonyl (C=O) groups is 1. The van der Waals surface area contributed by atoms with Gasteiger partial charge in [0, 0.05) is 18.0 Å².